The number of piperidine rings is 1. The Morgan fingerprint density at radius 2 is 2.21 bits per heavy atom. The first-order valence-corrected chi connectivity index (χ1v) is 7.92. The molecular formula is C11H24N4O3S. The van der Waals surface area contributed by atoms with Gasteiger partial charge in [0.25, 0.3) is 10.2 Å². The molecular weight excluding hydrogens is 268 g/mol. The average molecular weight is 292 g/mol. The van der Waals surface area contributed by atoms with Gasteiger partial charge in [-0.3, -0.25) is 0 Å². The molecule has 0 aromatic carbocycles. The van der Waals surface area contributed by atoms with Crippen LogP contribution in [0.25, 0.3) is 0 Å². The van der Waals surface area contributed by atoms with Crippen molar-refractivity contribution in [3.63, 3.8) is 0 Å². The van der Waals surface area contributed by atoms with Crippen molar-refractivity contribution in [1.29, 1.82) is 0 Å². The molecule has 1 atom stereocenters. The van der Waals surface area contributed by atoms with Gasteiger partial charge >= 0.3 is 0 Å². The predicted molar refractivity (Wildman–Crippen MR) is 74.1 cm³/mol. The van der Waals surface area contributed by atoms with Crippen LogP contribution in [0, 0.1) is 5.92 Å². The number of nitrogens with two attached hydrogens (primary N) is 1. The fraction of sp³-hybridized carbons (Fsp3) is 0.909. The Hall–Kier alpha value is -0.860. The fourth-order valence-corrected chi connectivity index (χ4v) is 4.15. The summed E-state index contributed by atoms with van der Waals surface area (Å²) in [5, 5.41) is 11.5. The van der Waals surface area contributed by atoms with Crippen molar-refractivity contribution in [2.75, 3.05) is 19.6 Å². The zero-order valence-corrected chi connectivity index (χ0v) is 12.6. The van der Waals surface area contributed by atoms with Gasteiger partial charge in [0.15, 0.2) is 5.84 Å². The van der Waals surface area contributed by atoms with Crippen LogP contribution in [0.1, 0.15) is 33.6 Å². The van der Waals surface area contributed by atoms with E-state index >= 15 is 0 Å². The van der Waals surface area contributed by atoms with Crippen LogP contribution < -0.4 is 5.73 Å². The van der Waals surface area contributed by atoms with Crippen molar-refractivity contribution in [2.24, 2.45) is 16.8 Å². The second-order valence-corrected chi connectivity index (χ2v) is 7.22. The lowest BCUT2D eigenvalue weighted by Gasteiger charge is -2.35. The standard InChI is InChI=1S/C11H24N4O3S/c1-9(2)15(8-11(12)13-16)19(17,18)14-6-4-5-10(3)7-14/h9-10,16H,4-8H2,1-3H3,(H2,12,13). The lowest BCUT2D eigenvalue weighted by molar-refractivity contribution is 0.252. The quantitative estimate of drug-likeness (QED) is 0.332. The molecule has 19 heavy (non-hydrogen) atoms. The van der Waals surface area contributed by atoms with Crippen molar-refractivity contribution in [3.8, 4) is 0 Å². The van der Waals surface area contributed by atoms with Crippen LogP contribution in [-0.4, -0.2) is 53.7 Å². The van der Waals surface area contributed by atoms with Crippen LogP contribution in [0.15, 0.2) is 5.16 Å². The molecule has 7 nitrogen and oxygen atoms in total. The SMILES string of the molecule is CC1CCCN(S(=O)(=O)N(CC(N)=NO)C(C)C)C1. The molecule has 1 aliphatic rings. The summed E-state index contributed by atoms with van der Waals surface area (Å²) in [4.78, 5) is 0. The van der Waals surface area contributed by atoms with E-state index in [9.17, 15) is 8.42 Å². The summed E-state index contributed by atoms with van der Waals surface area (Å²) in [6.45, 7) is 6.56. The van der Waals surface area contributed by atoms with E-state index in [0.29, 0.717) is 19.0 Å². The minimum atomic E-state index is -3.57. The van der Waals surface area contributed by atoms with Crippen LogP contribution in [0.5, 0.6) is 0 Å². The molecule has 112 valence electrons. The molecule has 0 radical (unpaired) electrons. The Bertz CT molecular complexity index is 422. The molecule has 0 aliphatic carbocycles. The molecule has 0 aromatic rings. The molecule has 0 saturated carbocycles. The topological polar surface area (TPSA) is 99.2 Å². The maximum Gasteiger partial charge on any atom is 0.282 e. The van der Waals surface area contributed by atoms with Crippen LogP contribution in [0.3, 0.4) is 0 Å². The van der Waals surface area contributed by atoms with E-state index in [1.807, 2.05) is 6.92 Å². The number of hydrogen-bond donors (Lipinski definition) is 2. The zero-order chi connectivity index (χ0) is 14.6. The largest absolute Gasteiger partial charge is 0.409 e. The van der Waals surface area contributed by atoms with Crippen molar-refractivity contribution in [1.82, 2.24) is 8.61 Å². The van der Waals surface area contributed by atoms with Gasteiger partial charge in [0.2, 0.25) is 0 Å². The van der Waals surface area contributed by atoms with Crippen LogP contribution >= 0.6 is 0 Å². The minimum Gasteiger partial charge on any atom is -0.409 e. The van der Waals surface area contributed by atoms with E-state index in [2.05, 4.69) is 5.16 Å². The highest BCUT2D eigenvalue weighted by Crippen LogP contribution is 2.21. The lowest BCUT2D eigenvalue weighted by atomic mass is 10.0. The molecule has 0 amide bonds. The smallest absolute Gasteiger partial charge is 0.282 e. The highest BCUT2D eigenvalue weighted by atomic mass is 32.2. The predicted octanol–water partition coefficient (Wildman–Crippen LogP) is 0.420. The van der Waals surface area contributed by atoms with Gasteiger partial charge in [-0.05, 0) is 32.6 Å². The van der Waals surface area contributed by atoms with Gasteiger partial charge in [-0.25, -0.2) is 0 Å². The molecule has 8 heteroatoms. The van der Waals surface area contributed by atoms with E-state index in [-0.39, 0.29) is 18.4 Å². The first-order valence-electron chi connectivity index (χ1n) is 6.52. The van der Waals surface area contributed by atoms with Gasteiger partial charge in [0, 0.05) is 19.1 Å². The first kappa shape index (κ1) is 16.2. The van der Waals surface area contributed by atoms with Crippen LogP contribution in [0.2, 0.25) is 0 Å². The highest BCUT2D eigenvalue weighted by molar-refractivity contribution is 7.86. The first-order chi connectivity index (χ1) is 8.78. The Morgan fingerprint density at radius 1 is 1.58 bits per heavy atom. The third-order valence-corrected chi connectivity index (χ3v) is 5.39. The molecule has 0 aromatic heterocycles. The number of oxime groups is 1. The molecule has 1 unspecified atom stereocenters. The van der Waals surface area contributed by atoms with Crippen molar-refractivity contribution in [2.45, 2.75) is 39.7 Å². The average Bonchev–Trinajstić information content (AvgIpc) is 2.34. The van der Waals surface area contributed by atoms with Crippen LogP contribution in [-0.2, 0) is 10.2 Å². The lowest BCUT2D eigenvalue weighted by Crippen LogP contribution is -2.52. The van der Waals surface area contributed by atoms with Gasteiger partial charge in [-0.1, -0.05) is 12.1 Å². The number of amidine groups is 1. The molecule has 0 bridgehead atoms. The van der Waals surface area contributed by atoms with Crippen molar-refractivity contribution in [3.05, 3.63) is 0 Å². The fourth-order valence-electron chi connectivity index (χ4n) is 2.23. The highest BCUT2D eigenvalue weighted by Gasteiger charge is 2.34. The van der Waals surface area contributed by atoms with E-state index in [0.717, 1.165) is 12.8 Å². The molecule has 1 rings (SSSR count). The monoisotopic (exact) mass is 292 g/mol. The van der Waals surface area contributed by atoms with Gasteiger partial charge in [0.05, 0.1) is 6.54 Å². The third-order valence-electron chi connectivity index (χ3n) is 3.26. The number of rotatable bonds is 5. The van der Waals surface area contributed by atoms with Gasteiger partial charge in [0.1, 0.15) is 0 Å². The van der Waals surface area contributed by atoms with Gasteiger partial charge in [-0.15, -0.1) is 0 Å². The maximum atomic E-state index is 12.6. The molecule has 3 N–H and O–H groups in total. The summed E-state index contributed by atoms with van der Waals surface area (Å²) in [5.74, 6) is 0.253. The molecule has 1 aliphatic heterocycles. The molecule has 0 spiro atoms. The van der Waals surface area contributed by atoms with E-state index in [1.165, 1.54) is 8.61 Å². The molecule has 1 heterocycles. The minimum absolute atomic E-state index is 0.0959. The van der Waals surface area contributed by atoms with E-state index < -0.39 is 10.2 Å². The Balaban J connectivity index is 2.92. The molecule has 1 saturated heterocycles. The maximum absolute atomic E-state index is 12.6. The number of nitrogens with zero attached hydrogens (tertiary/aromatic N) is 3. The summed E-state index contributed by atoms with van der Waals surface area (Å²) in [6.07, 6.45) is 1.92. The third kappa shape index (κ3) is 4.05. The van der Waals surface area contributed by atoms with Gasteiger partial charge < -0.3 is 10.9 Å². The molecule has 1 fully saturated rings. The Morgan fingerprint density at radius 3 is 2.68 bits per heavy atom. The zero-order valence-electron chi connectivity index (χ0n) is 11.8. The van der Waals surface area contributed by atoms with Crippen molar-refractivity contribution >= 4 is 16.0 Å². The van der Waals surface area contributed by atoms with E-state index in [1.54, 1.807) is 13.8 Å². The second kappa shape index (κ2) is 6.53. The Kier molecular flexibility index (Phi) is 5.57. The summed E-state index contributed by atoms with van der Waals surface area (Å²) < 4.78 is 27.9. The normalized spacial score (nSPS) is 23.2. The second-order valence-electron chi connectivity index (χ2n) is 5.34. The summed E-state index contributed by atoms with van der Waals surface area (Å²) in [6, 6.07) is -0.248. The Labute approximate surface area is 115 Å². The van der Waals surface area contributed by atoms with Crippen LogP contribution in [0.4, 0.5) is 0 Å². The van der Waals surface area contributed by atoms with Crippen molar-refractivity contribution < 1.29 is 13.6 Å². The summed E-state index contributed by atoms with van der Waals surface area (Å²) in [5.41, 5.74) is 5.44. The number of hydrogen-bond acceptors (Lipinski definition) is 4. The van der Waals surface area contributed by atoms with Gasteiger partial charge in [-0.2, -0.15) is 17.0 Å². The van der Waals surface area contributed by atoms with E-state index in [4.69, 9.17) is 10.9 Å². The summed E-state index contributed by atoms with van der Waals surface area (Å²) >= 11 is 0. The summed E-state index contributed by atoms with van der Waals surface area (Å²) in [7, 11) is -3.57.